The molecule has 130 valence electrons. The topological polar surface area (TPSA) is 131 Å². The van der Waals surface area contributed by atoms with Gasteiger partial charge in [-0.3, -0.25) is 14.9 Å². The summed E-state index contributed by atoms with van der Waals surface area (Å²) in [5, 5.41) is 23.8. The van der Waals surface area contributed by atoms with Gasteiger partial charge in [0.2, 0.25) is 0 Å². The van der Waals surface area contributed by atoms with Crippen LogP contribution in [-0.4, -0.2) is 34.3 Å². The first-order valence-corrected chi connectivity index (χ1v) is 6.18. The molecule has 1 rings (SSSR count). The van der Waals surface area contributed by atoms with E-state index in [4.69, 9.17) is 5.21 Å². The van der Waals surface area contributed by atoms with Crippen molar-refractivity contribution >= 4 is 29.0 Å². The number of nitrogens with one attached hydrogen (secondary N) is 1. The molecule has 1 amide bonds. The number of halogens is 3. The minimum absolute atomic E-state index is 0.147. The second-order valence-corrected chi connectivity index (χ2v) is 4.11. The lowest BCUT2D eigenvalue weighted by Crippen LogP contribution is -2.32. The van der Waals surface area contributed by atoms with Gasteiger partial charge in [-0.05, 0) is 19.1 Å². The maximum absolute atomic E-state index is 12.6. The summed E-state index contributed by atoms with van der Waals surface area (Å²) >= 11 is 0. The first-order valence-electron chi connectivity index (χ1n) is 6.18. The number of oxime groups is 1. The molecule has 9 nitrogen and oxygen atoms in total. The van der Waals surface area contributed by atoms with Gasteiger partial charge < -0.3 is 15.3 Å². The number of alkyl halides is 3. The molecule has 12 heteroatoms. The Morgan fingerprint density at radius 1 is 1.42 bits per heavy atom. The Bertz CT molecular complexity index is 702. The van der Waals surface area contributed by atoms with E-state index in [0.29, 0.717) is 12.1 Å². The summed E-state index contributed by atoms with van der Waals surface area (Å²) in [5.41, 5.74) is -4.09. The standard InChI is InChI=1S/C12H10F3N3O6/c1-2-24-11(20)9(17-21)10(19)16-7-4-3-6(12(13,14)15)5-8(7)18(22)23/h3-5,21H,2H2,1H3,(H,16,19). The van der Waals surface area contributed by atoms with E-state index in [1.807, 2.05) is 5.32 Å². The molecule has 0 fully saturated rings. The Morgan fingerprint density at radius 2 is 2.04 bits per heavy atom. The summed E-state index contributed by atoms with van der Waals surface area (Å²) < 4.78 is 42.1. The molecule has 0 saturated carbocycles. The van der Waals surface area contributed by atoms with Gasteiger partial charge in [-0.15, -0.1) is 0 Å². The fourth-order valence-electron chi connectivity index (χ4n) is 1.52. The van der Waals surface area contributed by atoms with Crippen molar-refractivity contribution in [1.29, 1.82) is 0 Å². The van der Waals surface area contributed by atoms with E-state index < -0.39 is 45.6 Å². The first-order chi connectivity index (χ1) is 11.1. The molecule has 1 aromatic rings. The Hall–Kier alpha value is -3.18. The van der Waals surface area contributed by atoms with Crippen LogP contribution in [0, 0.1) is 10.1 Å². The number of hydrogen-bond donors (Lipinski definition) is 2. The number of hydrogen-bond acceptors (Lipinski definition) is 7. The van der Waals surface area contributed by atoms with Gasteiger partial charge in [0, 0.05) is 6.07 Å². The van der Waals surface area contributed by atoms with Gasteiger partial charge in [0.15, 0.2) is 0 Å². The summed E-state index contributed by atoms with van der Waals surface area (Å²) in [5.74, 6) is -2.70. The smallest absolute Gasteiger partial charge is 0.416 e. The van der Waals surface area contributed by atoms with Crippen molar-refractivity contribution in [2.45, 2.75) is 13.1 Å². The highest BCUT2D eigenvalue weighted by Crippen LogP contribution is 2.34. The van der Waals surface area contributed by atoms with Gasteiger partial charge in [0.1, 0.15) is 5.69 Å². The third-order valence-electron chi connectivity index (χ3n) is 2.55. The number of nitro benzene ring substituents is 1. The normalized spacial score (nSPS) is 11.8. The monoisotopic (exact) mass is 349 g/mol. The molecule has 0 atom stereocenters. The number of rotatable bonds is 5. The van der Waals surface area contributed by atoms with Gasteiger partial charge in [0.25, 0.3) is 17.3 Å². The average Bonchev–Trinajstić information content (AvgIpc) is 2.47. The predicted molar refractivity (Wildman–Crippen MR) is 72.6 cm³/mol. The van der Waals surface area contributed by atoms with Crippen molar-refractivity contribution in [2.75, 3.05) is 11.9 Å². The van der Waals surface area contributed by atoms with Gasteiger partial charge in [-0.25, -0.2) is 4.79 Å². The lowest BCUT2D eigenvalue weighted by molar-refractivity contribution is -0.384. The van der Waals surface area contributed by atoms with E-state index in [9.17, 15) is 32.9 Å². The number of ether oxygens (including phenoxy) is 1. The summed E-state index contributed by atoms with van der Waals surface area (Å²) in [6, 6.07) is 1.36. The minimum Gasteiger partial charge on any atom is -0.461 e. The second kappa shape index (κ2) is 7.39. The zero-order valence-corrected chi connectivity index (χ0v) is 12.0. The molecule has 24 heavy (non-hydrogen) atoms. The molecule has 0 unspecified atom stereocenters. The Balaban J connectivity index is 3.17. The molecule has 0 bridgehead atoms. The van der Waals surface area contributed by atoms with Crippen molar-refractivity contribution in [3.05, 3.63) is 33.9 Å². The quantitative estimate of drug-likeness (QED) is 0.209. The molecule has 2 N–H and O–H groups in total. The number of nitrogens with zero attached hydrogens (tertiary/aromatic N) is 2. The molecule has 0 radical (unpaired) electrons. The van der Waals surface area contributed by atoms with Crippen LogP contribution in [0.3, 0.4) is 0 Å². The number of benzene rings is 1. The van der Waals surface area contributed by atoms with Crippen LogP contribution in [0.15, 0.2) is 23.4 Å². The van der Waals surface area contributed by atoms with E-state index >= 15 is 0 Å². The highest BCUT2D eigenvalue weighted by molar-refractivity contribution is 6.65. The SMILES string of the molecule is CCOC(=O)C(=NO)C(=O)Nc1ccc(C(F)(F)F)cc1[N+](=O)[O-]. The third-order valence-corrected chi connectivity index (χ3v) is 2.55. The molecule has 0 saturated heterocycles. The van der Waals surface area contributed by atoms with Crippen molar-refractivity contribution in [2.24, 2.45) is 5.16 Å². The molecular weight excluding hydrogens is 339 g/mol. The maximum atomic E-state index is 12.6. The summed E-state index contributed by atoms with van der Waals surface area (Å²) in [7, 11) is 0. The molecule has 0 aliphatic carbocycles. The van der Waals surface area contributed by atoms with Crippen molar-refractivity contribution in [1.82, 2.24) is 0 Å². The maximum Gasteiger partial charge on any atom is 0.416 e. The number of carbonyl (C=O) groups excluding carboxylic acids is 2. The van der Waals surface area contributed by atoms with Crippen LogP contribution in [0.2, 0.25) is 0 Å². The highest BCUT2D eigenvalue weighted by Gasteiger charge is 2.33. The average molecular weight is 349 g/mol. The fourth-order valence-corrected chi connectivity index (χ4v) is 1.52. The van der Waals surface area contributed by atoms with Gasteiger partial charge in [-0.2, -0.15) is 13.2 Å². The van der Waals surface area contributed by atoms with Crippen molar-refractivity contribution in [3.63, 3.8) is 0 Å². The first kappa shape index (κ1) is 18.9. The summed E-state index contributed by atoms with van der Waals surface area (Å²) in [6.07, 6.45) is -4.82. The fraction of sp³-hybridized carbons (Fsp3) is 0.250. The van der Waals surface area contributed by atoms with Crippen LogP contribution in [0.4, 0.5) is 24.5 Å². The van der Waals surface area contributed by atoms with Gasteiger partial charge in [-0.1, -0.05) is 5.16 Å². The summed E-state index contributed by atoms with van der Waals surface area (Å²) in [6.45, 7) is 1.26. The summed E-state index contributed by atoms with van der Waals surface area (Å²) in [4.78, 5) is 32.8. The van der Waals surface area contributed by atoms with Crippen LogP contribution in [0.1, 0.15) is 12.5 Å². The van der Waals surface area contributed by atoms with E-state index in [1.54, 1.807) is 0 Å². The van der Waals surface area contributed by atoms with E-state index in [-0.39, 0.29) is 12.7 Å². The number of carbonyl (C=O) groups is 2. The largest absolute Gasteiger partial charge is 0.461 e. The lowest BCUT2D eigenvalue weighted by atomic mass is 10.1. The third kappa shape index (κ3) is 4.41. The zero-order chi connectivity index (χ0) is 18.5. The van der Waals surface area contributed by atoms with Crippen molar-refractivity contribution < 1.29 is 37.6 Å². The molecule has 1 aromatic carbocycles. The molecular formula is C12H10F3N3O6. The number of nitro groups is 1. The highest BCUT2D eigenvalue weighted by atomic mass is 19.4. The number of amides is 1. The van der Waals surface area contributed by atoms with E-state index in [0.717, 1.165) is 0 Å². The van der Waals surface area contributed by atoms with Crippen LogP contribution in [0.5, 0.6) is 0 Å². The number of esters is 1. The van der Waals surface area contributed by atoms with Crippen LogP contribution in [-0.2, 0) is 20.5 Å². The molecule has 0 heterocycles. The molecule has 0 aliphatic heterocycles. The van der Waals surface area contributed by atoms with E-state index in [1.165, 1.54) is 6.92 Å². The van der Waals surface area contributed by atoms with Gasteiger partial charge >= 0.3 is 12.1 Å². The Morgan fingerprint density at radius 3 is 2.50 bits per heavy atom. The van der Waals surface area contributed by atoms with Crippen LogP contribution < -0.4 is 5.32 Å². The van der Waals surface area contributed by atoms with Crippen LogP contribution >= 0.6 is 0 Å². The van der Waals surface area contributed by atoms with Crippen molar-refractivity contribution in [3.8, 4) is 0 Å². The molecule has 0 spiro atoms. The van der Waals surface area contributed by atoms with Crippen LogP contribution in [0.25, 0.3) is 0 Å². The second-order valence-electron chi connectivity index (χ2n) is 4.11. The Kier molecular flexibility index (Phi) is 5.81. The molecule has 0 aromatic heterocycles. The Labute approximate surface area is 131 Å². The van der Waals surface area contributed by atoms with E-state index in [2.05, 4.69) is 9.89 Å². The zero-order valence-electron chi connectivity index (χ0n) is 12.0. The van der Waals surface area contributed by atoms with Gasteiger partial charge in [0.05, 0.1) is 17.1 Å². The lowest BCUT2D eigenvalue weighted by Gasteiger charge is -2.10. The molecule has 0 aliphatic rings. The number of anilines is 1. The minimum atomic E-state index is -4.82. The predicted octanol–water partition coefficient (Wildman–Crippen LogP) is 1.95.